The van der Waals surface area contributed by atoms with E-state index in [1.807, 2.05) is 35.1 Å². The van der Waals surface area contributed by atoms with Crippen molar-refractivity contribution in [1.29, 1.82) is 0 Å². The minimum absolute atomic E-state index is 0.00108. The van der Waals surface area contributed by atoms with Crippen LogP contribution in [0.1, 0.15) is 12.2 Å². The average Bonchev–Trinajstić information content (AvgIpc) is 2.93. The second-order valence-electron chi connectivity index (χ2n) is 5.95. The van der Waals surface area contributed by atoms with Crippen LogP contribution in [0.5, 0.6) is 0 Å². The molecule has 134 valence electrons. The average molecular weight is 380 g/mol. The van der Waals surface area contributed by atoms with Crippen molar-refractivity contribution in [3.8, 4) is 0 Å². The molecule has 1 aliphatic heterocycles. The Morgan fingerprint density at radius 3 is 2.96 bits per heavy atom. The predicted molar refractivity (Wildman–Crippen MR) is 102 cm³/mol. The number of carboxylic acid groups (broad SMARTS) is 1. The Morgan fingerprint density at radius 1 is 1.40 bits per heavy atom. The van der Waals surface area contributed by atoms with Crippen LogP contribution in [0.3, 0.4) is 0 Å². The fourth-order valence-electron chi connectivity index (χ4n) is 3.12. The topological polar surface area (TPSA) is 75.4 Å². The largest absolute Gasteiger partial charge is 0.481 e. The molecule has 2 aromatic rings. The third kappa shape index (κ3) is 4.12. The third-order valence-electron chi connectivity index (χ3n) is 4.26. The van der Waals surface area contributed by atoms with E-state index in [0.717, 1.165) is 28.4 Å². The number of rotatable bonds is 6. The van der Waals surface area contributed by atoms with Gasteiger partial charge in [0.25, 0.3) is 0 Å². The van der Waals surface area contributed by atoms with Gasteiger partial charge in [-0.3, -0.25) is 9.59 Å². The van der Waals surface area contributed by atoms with Gasteiger partial charge in [-0.05, 0) is 18.4 Å². The van der Waals surface area contributed by atoms with E-state index >= 15 is 0 Å². The van der Waals surface area contributed by atoms with Crippen molar-refractivity contribution in [3.05, 3.63) is 30.1 Å². The Bertz CT molecular complexity index is 778. The lowest BCUT2D eigenvalue weighted by atomic mass is 10.2. The summed E-state index contributed by atoms with van der Waals surface area (Å²) in [5.74, 6) is 2.25. The maximum Gasteiger partial charge on any atom is 0.305 e. The van der Waals surface area contributed by atoms with Crippen LogP contribution in [0.25, 0.3) is 11.0 Å². The molecule has 1 saturated heterocycles. The van der Waals surface area contributed by atoms with Crippen molar-refractivity contribution < 1.29 is 14.7 Å². The van der Waals surface area contributed by atoms with Gasteiger partial charge in [0.15, 0.2) is 0 Å². The van der Waals surface area contributed by atoms with Gasteiger partial charge in [0.1, 0.15) is 12.4 Å². The molecule has 0 saturated carbocycles. The van der Waals surface area contributed by atoms with Gasteiger partial charge in [0, 0.05) is 18.1 Å². The Hall–Kier alpha value is -1.67. The Balaban J connectivity index is 1.85. The zero-order valence-corrected chi connectivity index (χ0v) is 15.7. The molecule has 0 spiro atoms. The summed E-state index contributed by atoms with van der Waals surface area (Å²) in [6.07, 6.45) is 2.01. The number of hydrogen-bond acceptors (Lipinski definition) is 5. The summed E-state index contributed by atoms with van der Waals surface area (Å²) < 4.78 is 1.97. The first kappa shape index (κ1) is 18.1. The molecule has 1 unspecified atom stereocenters. The highest BCUT2D eigenvalue weighted by atomic mass is 32.2. The lowest BCUT2D eigenvalue weighted by Gasteiger charge is -2.35. The molecule has 1 aromatic heterocycles. The molecule has 0 bridgehead atoms. The van der Waals surface area contributed by atoms with Crippen molar-refractivity contribution in [1.82, 2.24) is 14.5 Å². The molecular weight excluding hydrogens is 358 g/mol. The molecule has 25 heavy (non-hydrogen) atoms. The monoisotopic (exact) mass is 379 g/mol. The van der Waals surface area contributed by atoms with Gasteiger partial charge in [-0.1, -0.05) is 12.1 Å². The van der Waals surface area contributed by atoms with E-state index in [4.69, 9.17) is 5.11 Å². The van der Waals surface area contributed by atoms with E-state index < -0.39 is 5.97 Å². The SMILES string of the molecule is CSCc1nc2ccccc2n1CC(=O)N1CCSCC1CC(=O)O. The fourth-order valence-corrected chi connectivity index (χ4v) is 4.66. The number of aliphatic carboxylic acids is 1. The van der Waals surface area contributed by atoms with Crippen LogP contribution < -0.4 is 0 Å². The fraction of sp³-hybridized carbons (Fsp3) is 0.471. The van der Waals surface area contributed by atoms with Gasteiger partial charge in [-0.2, -0.15) is 23.5 Å². The van der Waals surface area contributed by atoms with Gasteiger partial charge in [0.2, 0.25) is 5.91 Å². The second-order valence-corrected chi connectivity index (χ2v) is 7.97. The lowest BCUT2D eigenvalue weighted by Crippen LogP contribution is -2.48. The molecule has 1 fully saturated rings. The molecule has 1 N–H and O–H groups in total. The van der Waals surface area contributed by atoms with Crippen molar-refractivity contribution in [2.45, 2.75) is 24.8 Å². The van der Waals surface area contributed by atoms with Crippen LogP contribution >= 0.6 is 23.5 Å². The summed E-state index contributed by atoms with van der Waals surface area (Å²) >= 11 is 3.37. The van der Waals surface area contributed by atoms with E-state index in [2.05, 4.69) is 4.98 Å². The number of fused-ring (bicyclic) bond motifs is 1. The first-order chi connectivity index (χ1) is 12.1. The van der Waals surface area contributed by atoms with E-state index in [-0.39, 0.29) is 24.9 Å². The standard InChI is InChI=1S/C17H21N3O3S2/c1-24-11-15-18-13-4-2-3-5-14(13)20(15)9-16(21)19-6-7-25-10-12(19)8-17(22)23/h2-5,12H,6-11H2,1H3,(H,22,23). The maximum atomic E-state index is 12.9. The normalized spacial score (nSPS) is 17.8. The van der Waals surface area contributed by atoms with Crippen LogP contribution in [0.4, 0.5) is 0 Å². The number of benzene rings is 1. The molecule has 8 heteroatoms. The second kappa shape index (κ2) is 8.14. The van der Waals surface area contributed by atoms with Gasteiger partial charge in [-0.25, -0.2) is 4.98 Å². The Morgan fingerprint density at radius 2 is 2.20 bits per heavy atom. The Labute approximate surface area is 155 Å². The smallest absolute Gasteiger partial charge is 0.305 e. The van der Waals surface area contributed by atoms with Crippen molar-refractivity contribution >= 4 is 46.4 Å². The van der Waals surface area contributed by atoms with Crippen molar-refractivity contribution in [3.63, 3.8) is 0 Å². The van der Waals surface area contributed by atoms with Gasteiger partial charge in [-0.15, -0.1) is 0 Å². The number of hydrogen-bond donors (Lipinski definition) is 1. The van der Waals surface area contributed by atoms with E-state index in [1.165, 1.54) is 0 Å². The number of para-hydroxylation sites is 2. The van der Waals surface area contributed by atoms with Crippen molar-refractivity contribution in [2.75, 3.05) is 24.3 Å². The summed E-state index contributed by atoms with van der Waals surface area (Å²) in [5, 5.41) is 9.11. The molecule has 0 aliphatic carbocycles. The zero-order chi connectivity index (χ0) is 17.8. The molecule has 3 rings (SSSR count). The van der Waals surface area contributed by atoms with Crippen molar-refractivity contribution in [2.24, 2.45) is 0 Å². The number of thioether (sulfide) groups is 2. The number of carboxylic acids is 1. The first-order valence-corrected chi connectivity index (χ1v) is 10.7. The highest BCUT2D eigenvalue weighted by Crippen LogP contribution is 2.22. The number of aromatic nitrogens is 2. The minimum atomic E-state index is -0.860. The highest BCUT2D eigenvalue weighted by molar-refractivity contribution is 7.99. The summed E-state index contributed by atoms with van der Waals surface area (Å²) in [6.45, 7) is 0.809. The molecule has 2 heterocycles. The number of amides is 1. The third-order valence-corrected chi connectivity index (χ3v) is 5.90. The van der Waals surface area contributed by atoms with Crippen LogP contribution in [0.2, 0.25) is 0 Å². The molecular formula is C17H21N3O3S2. The van der Waals surface area contributed by atoms with E-state index in [0.29, 0.717) is 12.3 Å². The van der Waals surface area contributed by atoms with Crippen LogP contribution in [-0.2, 0) is 21.9 Å². The highest BCUT2D eigenvalue weighted by Gasteiger charge is 2.29. The first-order valence-electron chi connectivity index (χ1n) is 8.12. The van der Waals surface area contributed by atoms with Gasteiger partial charge < -0.3 is 14.6 Å². The maximum absolute atomic E-state index is 12.9. The van der Waals surface area contributed by atoms with E-state index in [9.17, 15) is 9.59 Å². The molecule has 6 nitrogen and oxygen atoms in total. The number of carbonyl (C=O) groups excluding carboxylic acids is 1. The van der Waals surface area contributed by atoms with E-state index in [1.54, 1.807) is 28.4 Å². The lowest BCUT2D eigenvalue weighted by molar-refractivity contribution is -0.140. The van der Waals surface area contributed by atoms with Crippen LogP contribution in [0, 0.1) is 0 Å². The quantitative estimate of drug-likeness (QED) is 0.830. The molecule has 0 radical (unpaired) electrons. The molecule has 1 amide bonds. The van der Waals surface area contributed by atoms with Crippen LogP contribution in [-0.4, -0.2) is 61.8 Å². The molecule has 1 aliphatic rings. The summed E-state index contributed by atoms with van der Waals surface area (Å²) in [5.41, 5.74) is 1.83. The number of nitrogens with zero attached hydrogens (tertiary/aromatic N) is 3. The minimum Gasteiger partial charge on any atom is -0.481 e. The summed E-state index contributed by atoms with van der Waals surface area (Å²) in [7, 11) is 0. The van der Waals surface area contributed by atoms with Gasteiger partial charge in [0.05, 0.1) is 29.2 Å². The molecule has 1 atom stereocenters. The molecule has 1 aromatic carbocycles. The summed E-state index contributed by atoms with van der Waals surface area (Å²) in [4.78, 5) is 30.4. The summed E-state index contributed by atoms with van der Waals surface area (Å²) in [6, 6.07) is 7.57. The zero-order valence-electron chi connectivity index (χ0n) is 14.1. The number of carbonyl (C=O) groups is 2. The number of imidazole rings is 1. The van der Waals surface area contributed by atoms with Gasteiger partial charge >= 0.3 is 5.97 Å². The predicted octanol–water partition coefficient (Wildman–Crippen LogP) is 2.32. The Kier molecular flexibility index (Phi) is 5.90. The van der Waals surface area contributed by atoms with Crippen LogP contribution in [0.15, 0.2) is 24.3 Å².